The van der Waals surface area contributed by atoms with Crippen molar-refractivity contribution in [1.29, 1.82) is 0 Å². The van der Waals surface area contributed by atoms with Crippen molar-refractivity contribution >= 4 is 27.5 Å². The van der Waals surface area contributed by atoms with E-state index in [9.17, 15) is 22.4 Å². The van der Waals surface area contributed by atoms with Gasteiger partial charge in [0.25, 0.3) is 15.9 Å². The number of hydrogen-bond acceptors (Lipinski definition) is 4. The van der Waals surface area contributed by atoms with Crippen molar-refractivity contribution < 1.29 is 22.4 Å². The number of nitrogens with one attached hydrogen (secondary N) is 2. The predicted molar refractivity (Wildman–Crippen MR) is 111 cm³/mol. The van der Waals surface area contributed by atoms with Crippen LogP contribution in [-0.4, -0.2) is 44.3 Å². The molecule has 9 heteroatoms. The molecule has 0 aliphatic carbocycles. The smallest absolute Gasteiger partial charge is 0.261 e. The third kappa shape index (κ3) is 4.85. The predicted octanol–water partition coefficient (Wildman–Crippen LogP) is 2.53. The molecule has 1 saturated heterocycles. The number of sulfonamides is 1. The number of anilines is 1. The normalized spacial score (nSPS) is 16.2. The highest BCUT2D eigenvalue weighted by atomic mass is 32.2. The molecule has 0 radical (unpaired) electrons. The number of likely N-dealkylation sites (tertiary alicyclic amines) is 1. The van der Waals surface area contributed by atoms with Crippen LogP contribution in [0.15, 0.2) is 66.1 Å². The lowest BCUT2D eigenvalue weighted by molar-refractivity contribution is -0.124. The number of nitrogens with zero attached hydrogens (tertiary/aromatic N) is 1. The van der Waals surface area contributed by atoms with Gasteiger partial charge in [0.15, 0.2) is 0 Å². The van der Waals surface area contributed by atoms with Crippen molar-refractivity contribution in [3.8, 4) is 0 Å². The lowest BCUT2D eigenvalue weighted by Gasteiger charge is -2.24. The fourth-order valence-corrected chi connectivity index (χ4v) is 4.31. The van der Waals surface area contributed by atoms with Crippen LogP contribution in [0.2, 0.25) is 0 Å². The quantitative estimate of drug-likeness (QED) is 0.659. The summed E-state index contributed by atoms with van der Waals surface area (Å²) in [4.78, 5) is 26.6. The zero-order valence-corrected chi connectivity index (χ0v) is 17.0. The Morgan fingerprint density at radius 2 is 1.80 bits per heavy atom. The number of carbonyl (C=O) groups is 2. The first kappa shape index (κ1) is 21.5. The molecule has 158 valence electrons. The van der Waals surface area contributed by atoms with Crippen LogP contribution >= 0.6 is 0 Å². The average Bonchev–Trinajstić information content (AvgIpc) is 3.22. The van der Waals surface area contributed by atoms with E-state index >= 15 is 0 Å². The molecule has 1 atom stereocenters. The summed E-state index contributed by atoms with van der Waals surface area (Å²) < 4.78 is 40.2. The zero-order chi connectivity index (χ0) is 21.7. The van der Waals surface area contributed by atoms with Gasteiger partial charge in [-0.2, -0.15) is 0 Å². The van der Waals surface area contributed by atoms with Gasteiger partial charge in [0, 0.05) is 24.3 Å². The molecule has 1 fully saturated rings. The van der Waals surface area contributed by atoms with Crippen molar-refractivity contribution in [2.24, 2.45) is 0 Å². The summed E-state index contributed by atoms with van der Waals surface area (Å²) in [5, 5.41) is 2.71. The van der Waals surface area contributed by atoms with E-state index in [1.807, 2.05) is 0 Å². The summed E-state index contributed by atoms with van der Waals surface area (Å²) in [6.07, 6.45) is 2.89. The summed E-state index contributed by atoms with van der Waals surface area (Å²) in [5.74, 6) is -1.04. The average molecular weight is 431 g/mol. The van der Waals surface area contributed by atoms with E-state index in [4.69, 9.17) is 0 Å². The Kier molecular flexibility index (Phi) is 6.51. The molecule has 30 heavy (non-hydrogen) atoms. The third-order valence-electron chi connectivity index (χ3n) is 4.74. The zero-order valence-electron chi connectivity index (χ0n) is 16.2. The molecule has 2 amide bonds. The lowest BCUT2D eigenvalue weighted by atomic mass is 10.1. The molecule has 2 N–H and O–H groups in total. The summed E-state index contributed by atoms with van der Waals surface area (Å²) in [7, 11) is -3.88. The monoisotopic (exact) mass is 431 g/mol. The number of benzene rings is 2. The van der Waals surface area contributed by atoms with Crippen LogP contribution in [0.3, 0.4) is 0 Å². The Balaban J connectivity index is 1.70. The van der Waals surface area contributed by atoms with E-state index in [0.29, 0.717) is 25.1 Å². The van der Waals surface area contributed by atoms with Crippen LogP contribution in [-0.2, 0) is 14.8 Å². The van der Waals surface area contributed by atoms with E-state index in [1.165, 1.54) is 41.3 Å². The van der Waals surface area contributed by atoms with Gasteiger partial charge in [-0.25, -0.2) is 12.8 Å². The maximum atomic E-state index is 13.0. The van der Waals surface area contributed by atoms with Gasteiger partial charge in [-0.05, 0) is 61.4 Å². The molecule has 1 heterocycles. The fraction of sp³-hybridized carbons (Fsp3) is 0.238. The first-order valence-corrected chi connectivity index (χ1v) is 10.9. The van der Waals surface area contributed by atoms with E-state index in [-0.39, 0.29) is 22.4 Å². The summed E-state index contributed by atoms with van der Waals surface area (Å²) >= 11 is 0. The first-order valence-electron chi connectivity index (χ1n) is 9.40. The molecule has 0 aromatic heterocycles. The maximum absolute atomic E-state index is 13.0. The number of carbonyl (C=O) groups excluding carboxylic acids is 2. The van der Waals surface area contributed by atoms with Crippen molar-refractivity contribution in [2.75, 3.05) is 17.8 Å². The van der Waals surface area contributed by atoms with Gasteiger partial charge >= 0.3 is 0 Å². The molecule has 0 saturated carbocycles. The summed E-state index contributed by atoms with van der Waals surface area (Å²) in [6.45, 7) is 4.37. The van der Waals surface area contributed by atoms with Crippen molar-refractivity contribution in [3.63, 3.8) is 0 Å². The van der Waals surface area contributed by atoms with E-state index < -0.39 is 21.9 Å². The Bertz CT molecular complexity index is 1040. The van der Waals surface area contributed by atoms with Gasteiger partial charge in [0.2, 0.25) is 5.91 Å². The van der Waals surface area contributed by atoms with Gasteiger partial charge in [-0.1, -0.05) is 6.08 Å². The highest BCUT2D eigenvalue weighted by Crippen LogP contribution is 2.22. The molecule has 2 aromatic carbocycles. The Hall–Kier alpha value is -3.20. The van der Waals surface area contributed by atoms with Crippen molar-refractivity contribution in [2.45, 2.75) is 23.8 Å². The minimum absolute atomic E-state index is 0.0745. The Morgan fingerprint density at radius 1 is 1.13 bits per heavy atom. The van der Waals surface area contributed by atoms with Crippen LogP contribution in [0.4, 0.5) is 10.1 Å². The minimum Gasteiger partial charge on any atom is -0.351 e. The molecule has 3 rings (SSSR count). The van der Waals surface area contributed by atoms with Gasteiger partial charge in [0.05, 0.1) is 4.90 Å². The molecular formula is C21H22FN3O4S. The molecular weight excluding hydrogens is 409 g/mol. The van der Waals surface area contributed by atoms with Gasteiger partial charge in [-0.3, -0.25) is 14.3 Å². The number of rotatable bonds is 7. The highest BCUT2D eigenvalue weighted by Gasteiger charge is 2.34. The standard InChI is InChI=1S/C21H22FN3O4S/c1-2-13-23-20(26)19-4-3-14-25(19)21(27)15-5-9-17(10-6-15)24-30(28,29)18-11-7-16(22)8-12-18/h2,5-12,19,24H,1,3-4,13-14H2,(H,23,26)/t19-/m0/s1. The van der Waals surface area contributed by atoms with Crippen molar-refractivity contribution in [3.05, 3.63) is 72.6 Å². The third-order valence-corrected chi connectivity index (χ3v) is 6.14. The topological polar surface area (TPSA) is 95.6 Å². The fourth-order valence-electron chi connectivity index (χ4n) is 3.25. The van der Waals surface area contributed by atoms with Crippen LogP contribution in [0, 0.1) is 5.82 Å². The van der Waals surface area contributed by atoms with Crippen LogP contribution in [0.25, 0.3) is 0 Å². The van der Waals surface area contributed by atoms with Gasteiger partial charge < -0.3 is 10.2 Å². The first-order chi connectivity index (χ1) is 14.3. The largest absolute Gasteiger partial charge is 0.351 e. The minimum atomic E-state index is -3.88. The van der Waals surface area contributed by atoms with Gasteiger partial charge in [0.1, 0.15) is 11.9 Å². The van der Waals surface area contributed by atoms with Crippen LogP contribution in [0.1, 0.15) is 23.2 Å². The molecule has 0 bridgehead atoms. The number of hydrogen-bond donors (Lipinski definition) is 2. The molecule has 0 spiro atoms. The number of halogens is 1. The number of amides is 2. The molecule has 1 aliphatic rings. The van der Waals surface area contributed by atoms with E-state index in [0.717, 1.165) is 18.6 Å². The van der Waals surface area contributed by atoms with E-state index in [2.05, 4.69) is 16.6 Å². The molecule has 7 nitrogen and oxygen atoms in total. The van der Waals surface area contributed by atoms with Crippen LogP contribution in [0.5, 0.6) is 0 Å². The summed E-state index contributed by atoms with van der Waals surface area (Å²) in [6, 6.07) is 9.87. The maximum Gasteiger partial charge on any atom is 0.261 e. The molecule has 0 unspecified atom stereocenters. The second-order valence-corrected chi connectivity index (χ2v) is 8.51. The highest BCUT2D eigenvalue weighted by molar-refractivity contribution is 7.92. The molecule has 1 aliphatic heterocycles. The second-order valence-electron chi connectivity index (χ2n) is 6.83. The Morgan fingerprint density at radius 3 is 2.43 bits per heavy atom. The second kappa shape index (κ2) is 9.08. The van der Waals surface area contributed by atoms with Gasteiger partial charge in [-0.15, -0.1) is 6.58 Å². The Labute approximate surface area is 174 Å². The lowest BCUT2D eigenvalue weighted by Crippen LogP contribution is -2.46. The van der Waals surface area contributed by atoms with E-state index in [1.54, 1.807) is 6.08 Å². The van der Waals surface area contributed by atoms with Crippen LogP contribution < -0.4 is 10.0 Å². The SMILES string of the molecule is C=CCNC(=O)[C@@H]1CCCN1C(=O)c1ccc(NS(=O)(=O)c2ccc(F)cc2)cc1. The molecule has 2 aromatic rings. The van der Waals surface area contributed by atoms with Crippen molar-refractivity contribution in [1.82, 2.24) is 10.2 Å². The summed E-state index contributed by atoms with van der Waals surface area (Å²) in [5.41, 5.74) is 0.612.